The molecule has 9 nitrogen and oxygen atoms in total. The van der Waals surface area contributed by atoms with Gasteiger partial charge in [-0.3, -0.25) is 14.4 Å². The number of allylic oxidation sites excluding steroid dienone is 2. The maximum Gasteiger partial charge on any atom is 0.290 e. The van der Waals surface area contributed by atoms with Crippen molar-refractivity contribution in [2.45, 2.75) is 44.9 Å². The highest BCUT2D eigenvalue weighted by Crippen LogP contribution is 2.72. The number of carboxylic acid groups (broad SMARTS) is 1. The molecular formula is C29H39N3O6. The fraction of sp³-hybridized carbons (Fsp3) is 0.621. The van der Waals surface area contributed by atoms with Crippen LogP contribution in [0.5, 0.6) is 11.5 Å². The molecule has 9 heteroatoms. The summed E-state index contributed by atoms with van der Waals surface area (Å²) in [6.45, 7) is 4.83. The van der Waals surface area contributed by atoms with E-state index in [2.05, 4.69) is 27.7 Å². The largest absolute Gasteiger partial charge is 0.483 e. The van der Waals surface area contributed by atoms with E-state index in [0.29, 0.717) is 13.1 Å². The zero-order valence-corrected chi connectivity index (χ0v) is 21.9. The SMILES string of the molecule is O=C(NCCCCN1CCCC1)[C@H]1[C@H](C(=O)NCCc2ccc3c(c2)OCO3)[C@@H]2C=C[C@H]1C21CC1.O=CO. The lowest BCUT2D eigenvalue weighted by Crippen LogP contribution is -2.44. The third kappa shape index (κ3) is 5.39. The lowest BCUT2D eigenvalue weighted by molar-refractivity contribution is -0.135. The van der Waals surface area contributed by atoms with Crippen LogP contribution in [-0.2, 0) is 20.8 Å². The minimum atomic E-state index is -0.256. The average Bonchev–Trinajstić information content (AvgIpc) is 3.25. The molecular weight excluding hydrogens is 486 g/mol. The van der Waals surface area contributed by atoms with Crippen LogP contribution < -0.4 is 20.1 Å². The number of nitrogens with one attached hydrogen (secondary N) is 2. The first kappa shape index (κ1) is 26.5. The molecule has 2 saturated carbocycles. The molecule has 1 spiro atoms. The highest BCUT2D eigenvalue weighted by atomic mass is 16.7. The Balaban J connectivity index is 0.000000937. The minimum absolute atomic E-state index is 0.0306. The molecule has 3 N–H and O–H groups in total. The van der Waals surface area contributed by atoms with Crippen molar-refractivity contribution in [1.82, 2.24) is 15.5 Å². The van der Waals surface area contributed by atoms with Gasteiger partial charge < -0.3 is 30.1 Å². The van der Waals surface area contributed by atoms with Gasteiger partial charge in [-0.05, 0) is 99.5 Å². The quantitative estimate of drug-likeness (QED) is 0.244. The van der Waals surface area contributed by atoms with E-state index in [9.17, 15) is 9.59 Å². The summed E-state index contributed by atoms with van der Waals surface area (Å²) in [4.78, 5) is 37.6. The first-order valence-electron chi connectivity index (χ1n) is 14.0. The molecule has 2 aliphatic heterocycles. The number of ether oxygens (including phenoxy) is 2. The van der Waals surface area contributed by atoms with Crippen molar-refractivity contribution < 1.29 is 29.0 Å². The van der Waals surface area contributed by atoms with Gasteiger partial charge in [-0.25, -0.2) is 0 Å². The van der Waals surface area contributed by atoms with Crippen molar-refractivity contribution in [2.75, 3.05) is 39.5 Å². The van der Waals surface area contributed by atoms with E-state index in [0.717, 1.165) is 55.7 Å². The molecule has 0 unspecified atom stereocenters. The van der Waals surface area contributed by atoms with Crippen molar-refractivity contribution in [2.24, 2.45) is 29.1 Å². The van der Waals surface area contributed by atoms with Crippen molar-refractivity contribution >= 4 is 18.3 Å². The van der Waals surface area contributed by atoms with E-state index < -0.39 is 0 Å². The summed E-state index contributed by atoms with van der Waals surface area (Å²) >= 11 is 0. The number of likely N-dealkylation sites (tertiary alicyclic amines) is 1. The van der Waals surface area contributed by atoms with E-state index in [1.165, 1.54) is 25.9 Å². The third-order valence-electron chi connectivity index (χ3n) is 9.00. The number of nitrogens with zero attached hydrogens (tertiary/aromatic N) is 1. The molecule has 6 rings (SSSR count). The maximum atomic E-state index is 13.4. The molecule has 3 aliphatic carbocycles. The van der Waals surface area contributed by atoms with Crippen LogP contribution in [0.15, 0.2) is 30.4 Å². The van der Waals surface area contributed by atoms with Gasteiger partial charge in [-0.2, -0.15) is 0 Å². The number of amides is 2. The highest BCUT2D eigenvalue weighted by Gasteiger charge is 2.69. The summed E-state index contributed by atoms with van der Waals surface area (Å²) < 4.78 is 10.8. The van der Waals surface area contributed by atoms with Crippen LogP contribution in [0.3, 0.4) is 0 Å². The third-order valence-corrected chi connectivity index (χ3v) is 9.00. The summed E-state index contributed by atoms with van der Waals surface area (Å²) in [5.41, 5.74) is 1.26. The van der Waals surface area contributed by atoms with Crippen LogP contribution >= 0.6 is 0 Å². The predicted octanol–water partition coefficient (Wildman–Crippen LogP) is 2.60. The maximum absolute atomic E-state index is 13.4. The normalized spacial score (nSPS) is 27.2. The van der Waals surface area contributed by atoms with Crippen molar-refractivity contribution in [3.63, 3.8) is 0 Å². The molecule has 0 aromatic heterocycles. The molecule has 1 aromatic rings. The Labute approximate surface area is 223 Å². The van der Waals surface area contributed by atoms with Gasteiger partial charge in [0.15, 0.2) is 11.5 Å². The summed E-state index contributed by atoms with van der Waals surface area (Å²) in [6.07, 6.45) is 12.2. The number of carbonyl (C=O) groups excluding carboxylic acids is 2. The summed E-state index contributed by atoms with van der Waals surface area (Å²) in [6, 6.07) is 5.91. The lowest BCUT2D eigenvalue weighted by Gasteiger charge is -2.26. The van der Waals surface area contributed by atoms with Gasteiger partial charge in [0.1, 0.15) is 0 Å². The molecule has 3 fully saturated rings. The van der Waals surface area contributed by atoms with E-state index in [4.69, 9.17) is 19.4 Å². The second-order valence-corrected chi connectivity index (χ2v) is 11.1. The molecule has 0 radical (unpaired) electrons. The number of carbonyl (C=O) groups is 3. The Hall–Kier alpha value is -3.07. The molecule has 4 atom stereocenters. The fourth-order valence-corrected chi connectivity index (χ4v) is 7.05. The van der Waals surface area contributed by atoms with Crippen LogP contribution in [0.25, 0.3) is 0 Å². The van der Waals surface area contributed by atoms with Crippen molar-refractivity contribution in [3.05, 3.63) is 35.9 Å². The minimum Gasteiger partial charge on any atom is -0.483 e. The molecule has 206 valence electrons. The van der Waals surface area contributed by atoms with Crippen LogP contribution in [-0.4, -0.2) is 67.8 Å². The number of unbranched alkanes of at least 4 members (excludes halogenated alkanes) is 1. The summed E-state index contributed by atoms with van der Waals surface area (Å²) in [5.74, 6) is 1.55. The number of hydrogen-bond acceptors (Lipinski definition) is 6. The Morgan fingerprint density at radius 1 is 0.974 bits per heavy atom. The van der Waals surface area contributed by atoms with Gasteiger partial charge in [0.25, 0.3) is 6.47 Å². The second kappa shape index (κ2) is 11.8. The van der Waals surface area contributed by atoms with Crippen LogP contribution in [0.2, 0.25) is 0 Å². The monoisotopic (exact) mass is 525 g/mol. The molecule has 2 bridgehead atoms. The van der Waals surface area contributed by atoms with Gasteiger partial charge in [0.05, 0.1) is 11.8 Å². The van der Waals surface area contributed by atoms with E-state index in [1.54, 1.807) is 0 Å². The lowest BCUT2D eigenvalue weighted by atomic mass is 9.81. The van der Waals surface area contributed by atoms with Crippen LogP contribution in [0, 0.1) is 29.1 Å². The van der Waals surface area contributed by atoms with Crippen LogP contribution in [0.4, 0.5) is 0 Å². The number of benzene rings is 1. The van der Waals surface area contributed by atoms with E-state index in [-0.39, 0.29) is 54.2 Å². The molecule has 38 heavy (non-hydrogen) atoms. The zero-order chi connectivity index (χ0) is 26.5. The van der Waals surface area contributed by atoms with Crippen molar-refractivity contribution in [3.8, 4) is 11.5 Å². The summed E-state index contributed by atoms with van der Waals surface area (Å²) in [7, 11) is 0. The molecule has 2 heterocycles. The van der Waals surface area contributed by atoms with Crippen molar-refractivity contribution in [1.29, 1.82) is 0 Å². The first-order chi connectivity index (χ1) is 18.6. The molecule has 1 saturated heterocycles. The second-order valence-electron chi connectivity index (χ2n) is 11.1. The smallest absolute Gasteiger partial charge is 0.290 e. The van der Waals surface area contributed by atoms with Gasteiger partial charge >= 0.3 is 0 Å². The Morgan fingerprint density at radius 3 is 2.26 bits per heavy atom. The molecule has 2 amide bonds. The first-order valence-corrected chi connectivity index (χ1v) is 14.0. The van der Waals surface area contributed by atoms with Gasteiger partial charge in [0, 0.05) is 13.1 Å². The van der Waals surface area contributed by atoms with Crippen LogP contribution in [0.1, 0.15) is 44.1 Å². The molecule has 5 aliphatic rings. The number of hydrogen-bond donors (Lipinski definition) is 3. The molecule has 1 aromatic carbocycles. The van der Waals surface area contributed by atoms with Gasteiger partial charge in [-0.15, -0.1) is 0 Å². The fourth-order valence-electron chi connectivity index (χ4n) is 7.05. The topological polar surface area (TPSA) is 117 Å². The predicted molar refractivity (Wildman–Crippen MR) is 141 cm³/mol. The number of fused-ring (bicyclic) bond motifs is 1. The average molecular weight is 526 g/mol. The Kier molecular flexibility index (Phi) is 8.21. The van der Waals surface area contributed by atoms with Gasteiger partial charge in [-0.1, -0.05) is 18.2 Å². The standard InChI is InChI=1S/C28H37N3O4.CH2O2/c32-26(29-12-1-2-14-31-15-3-4-16-31)24-20-6-7-21(28(20)10-11-28)25(24)27(33)30-13-9-19-5-8-22-23(17-19)35-18-34-22;2-1-3/h5-8,17,20-21,24-25H,1-4,9-16,18H2,(H,29,32)(H,30,33);1H,(H,2,3)/t20-,21+,24-,25-;/m1./s1. The zero-order valence-electron chi connectivity index (χ0n) is 21.9. The Morgan fingerprint density at radius 2 is 1.61 bits per heavy atom. The summed E-state index contributed by atoms with van der Waals surface area (Å²) in [5, 5.41) is 13.2. The number of rotatable bonds is 10. The van der Waals surface area contributed by atoms with Gasteiger partial charge in [0.2, 0.25) is 18.6 Å². The van der Waals surface area contributed by atoms with E-state index in [1.807, 2.05) is 18.2 Å². The Bertz CT molecular complexity index is 1050. The van der Waals surface area contributed by atoms with E-state index >= 15 is 0 Å². The highest BCUT2D eigenvalue weighted by molar-refractivity contribution is 5.90.